The predicted molar refractivity (Wildman–Crippen MR) is 90.3 cm³/mol. The molecule has 1 aromatic rings. The molecule has 0 aliphatic carbocycles. The molecule has 0 bridgehead atoms. The van der Waals surface area contributed by atoms with E-state index in [-0.39, 0.29) is 18.1 Å². The zero-order valence-corrected chi connectivity index (χ0v) is 14.8. The fourth-order valence-electron chi connectivity index (χ4n) is 2.80. The van der Waals surface area contributed by atoms with Crippen molar-refractivity contribution in [2.45, 2.75) is 51.7 Å². The third-order valence-corrected chi connectivity index (χ3v) is 4.28. The van der Waals surface area contributed by atoms with Gasteiger partial charge in [-0.05, 0) is 58.4 Å². The molecule has 2 aliphatic rings. The Kier molecular flexibility index (Phi) is 3.73. The van der Waals surface area contributed by atoms with Gasteiger partial charge in [-0.25, -0.2) is 4.79 Å². The smallest absolute Gasteiger partial charge is 0.410 e. The number of ether oxygens (including phenoxy) is 2. The van der Waals surface area contributed by atoms with Crippen LogP contribution in [0.2, 0.25) is 0 Å². The molecule has 6 nitrogen and oxygen atoms in total. The van der Waals surface area contributed by atoms with Gasteiger partial charge in [0.25, 0.3) is 0 Å². The minimum Gasteiger partial charge on any atom is -0.487 e. The number of nitrogens with one attached hydrogen (secondary N) is 1. The van der Waals surface area contributed by atoms with E-state index in [0.717, 1.165) is 11.3 Å². The SMILES string of the molecule is CC(C)(C)OC(=O)N1CC(Oc2ccc3c(c2)C(C)(C)C(=O)N3)C1. The molecule has 24 heavy (non-hydrogen) atoms. The minimum absolute atomic E-state index is 0.00519. The normalized spacial score (nSPS) is 19.4. The Bertz CT molecular complexity index is 685. The summed E-state index contributed by atoms with van der Waals surface area (Å²) in [7, 11) is 0. The molecule has 2 heterocycles. The van der Waals surface area contributed by atoms with E-state index in [9.17, 15) is 9.59 Å². The molecule has 0 aromatic heterocycles. The second-order valence-corrected chi connectivity index (χ2v) is 7.91. The Morgan fingerprint density at radius 3 is 2.58 bits per heavy atom. The summed E-state index contributed by atoms with van der Waals surface area (Å²) in [5, 5.41) is 2.88. The number of fused-ring (bicyclic) bond motifs is 1. The molecular weight excluding hydrogens is 308 g/mol. The Labute approximate surface area is 142 Å². The maximum atomic E-state index is 12.0. The van der Waals surface area contributed by atoms with Gasteiger partial charge in [0, 0.05) is 5.69 Å². The Morgan fingerprint density at radius 1 is 1.29 bits per heavy atom. The lowest BCUT2D eigenvalue weighted by Crippen LogP contribution is -2.57. The molecule has 1 saturated heterocycles. The summed E-state index contributed by atoms with van der Waals surface area (Å²) in [6.45, 7) is 10.3. The van der Waals surface area contributed by atoms with Crippen molar-refractivity contribution in [1.29, 1.82) is 0 Å². The number of benzene rings is 1. The van der Waals surface area contributed by atoms with Crippen LogP contribution in [0.3, 0.4) is 0 Å². The number of rotatable bonds is 2. The summed E-state index contributed by atoms with van der Waals surface area (Å²) in [4.78, 5) is 25.5. The van der Waals surface area contributed by atoms with Crippen LogP contribution in [0.25, 0.3) is 0 Å². The largest absolute Gasteiger partial charge is 0.487 e. The van der Waals surface area contributed by atoms with Gasteiger partial charge in [-0.15, -0.1) is 0 Å². The molecule has 6 heteroatoms. The van der Waals surface area contributed by atoms with Crippen LogP contribution in [0, 0.1) is 0 Å². The van der Waals surface area contributed by atoms with E-state index in [1.165, 1.54) is 0 Å². The average Bonchev–Trinajstić information content (AvgIpc) is 2.62. The molecule has 0 unspecified atom stereocenters. The molecule has 3 rings (SSSR count). The highest BCUT2D eigenvalue weighted by atomic mass is 16.6. The molecule has 0 spiro atoms. The maximum absolute atomic E-state index is 12.0. The standard InChI is InChI=1S/C18H24N2O4/c1-17(2,3)24-16(22)20-9-12(10-20)23-11-6-7-14-13(8-11)18(4,5)15(21)19-14/h6-8,12H,9-10H2,1-5H3,(H,19,21). The van der Waals surface area contributed by atoms with Crippen molar-refractivity contribution < 1.29 is 19.1 Å². The highest BCUT2D eigenvalue weighted by Crippen LogP contribution is 2.39. The summed E-state index contributed by atoms with van der Waals surface area (Å²) in [6.07, 6.45) is -0.365. The zero-order chi connectivity index (χ0) is 17.7. The lowest BCUT2D eigenvalue weighted by atomic mass is 9.86. The molecule has 1 aromatic carbocycles. The van der Waals surface area contributed by atoms with Gasteiger partial charge in [0.15, 0.2) is 0 Å². The lowest BCUT2D eigenvalue weighted by molar-refractivity contribution is -0.119. The predicted octanol–water partition coefficient (Wildman–Crippen LogP) is 2.91. The van der Waals surface area contributed by atoms with E-state index in [1.807, 2.05) is 52.8 Å². The summed E-state index contributed by atoms with van der Waals surface area (Å²) in [5.74, 6) is 0.710. The van der Waals surface area contributed by atoms with Gasteiger partial charge in [-0.3, -0.25) is 4.79 Å². The third-order valence-electron chi connectivity index (χ3n) is 4.28. The van der Waals surface area contributed by atoms with Gasteiger partial charge >= 0.3 is 6.09 Å². The molecule has 130 valence electrons. The van der Waals surface area contributed by atoms with Crippen molar-refractivity contribution in [3.05, 3.63) is 23.8 Å². The molecular formula is C18H24N2O4. The van der Waals surface area contributed by atoms with E-state index in [0.29, 0.717) is 18.8 Å². The van der Waals surface area contributed by atoms with Crippen LogP contribution >= 0.6 is 0 Å². The van der Waals surface area contributed by atoms with Crippen LogP contribution in [0.4, 0.5) is 10.5 Å². The first-order valence-corrected chi connectivity index (χ1v) is 8.17. The number of carbonyl (C=O) groups excluding carboxylic acids is 2. The highest BCUT2D eigenvalue weighted by molar-refractivity contribution is 6.05. The van der Waals surface area contributed by atoms with E-state index in [4.69, 9.17) is 9.47 Å². The number of carbonyl (C=O) groups is 2. The fraction of sp³-hybridized carbons (Fsp3) is 0.556. The zero-order valence-electron chi connectivity index (χ0n) is 14.8. The molecule has 1 N–H and O–H groups in total. The molecule has 2 amide bonds. The fourth-order valence-corrected chi connectivity index (χ4v) is 2.80. The Balaban J connectivity index is 1.59. The van der Waals surface area contributed by atoms with Crippen LogP contribution in [0.5, 0.6) is 5.75 Å². The van der Waals surface area contributed by atoms with Gasteiger partial charge in [0.2, 0.25) is 5.91 Å². The van der Waals surface area contributed by atoms with E-state index < -0.39 is 11.0 Å². The minimum atomic E-state index is -0.559. The Hall–Kier alpha value is -2.24. The van der Waals surface area contributed by atoms with Crippen molar-refractivity contribution in [3.8, 4) is 5.75 Å². The number of amides is 2. The van der Waals surface area contributed by atoms with Crippen molar-refractivity contribution in [3.63, 3.8) is 0 Å². The number of hydrogen-bond acceptors (Lipinski definition) is 4. The molecule has 1 fully saturated rings. The van der Waals surface area contributed by atoms with E-state index in [2.05, 4.69) is 5.32 Å². The van der Waals surface area contributed by atoms with E-state index >= 15 is 0 Å². The van der Waals surface area contributed by atoms with Crippen molar-refractivity contribution >= 4 is 17.7 Å². The van der Waals surface area contributed by atoms with Crippen molar-refractivity contribution in [1.82, 2.24) is 4.90 Å². The monoisotopic (exact) mass is 332 g/mol. The molecule has 2 aliphatic heterocycles. The van der Waals surface area contributed by atoms with Gasteiger partial charge in [-0.1, -0.05) is 0 Å². The average molecular weight is 332 g/mol. The second-order valence-electron chi connectivity index (χ2n) is 7.91. The summed E-state index contributed by atoms with van der Waals surface area (Å²) in [6, 6.07) is 5.61. The topological polar surface area (TPSA) is 67.9 Å². The van der Waals surface area contributed by atoms with Crippen LogP contribution in [0.1, 0.15) is 40.2 Å². The van der Waals surface area contributed by atoms with Crippen LogP contribution in [-0.4, -0.2) is 41.7 Å². The maximum Gasteiger partial charge on any atom is 0.410 e. The number of nitrogens with zero attached hydrogens (tertiary/aromatic N) is 1. The first kappa shape index (κ1) is 16.6. The summed E-state index contributed by atoms with van der Waals surface area (Å²) in [5.41, 5.74) is 0.722. The summed E-state index contributed by atoms with van der Waals surface area (Å²) >= 11 is 0. The van der Waals surface area contributed by atoms with Gasteiger partial charge in [0.05, 0.1) is 18.5 Å². The van der Waals surface area contributed by atoms with Crippen LogP contribution in [-0.2, 0) is 14.9 Å². The van der Waals surface area contributed by atoms with Crippen LogP contribution < -0.4 is 10.1 Å². The summed E-state index contributed by atoms with van der Waals surface area (Å²) < 4.78 is 11.3. The lowest BCUT2D eigenvalue weighted by Gasteiger charge is -2.39. The second kappa shape index (κ2) is 5.40. The van der Waals surface area contributed by atoms with Gasteiger partial charge < -0.3 is 19.7 Å². The van der Waals surface area contributed by atoms with Crippen molar-refractivity contribution in [2.75, 3.05) is 18.4 Å². The van der Waals surface area contributed by atoms with Crippen LogP contribution in [0.15, 0.2) is 18.2 Å². The molecule has 0 saturated carbocycles. The quantitative estimate of drug-likeness (QED) is 0.904. The van der Waals surface area contributed by atoms with E-state index in [1.54, 1.807) is 4.90 Å². The number of likely N-dealkylation sites (tertiary alicyclic amines) is 1. The highest BCUT2D eigenvalue weighted by Gasteiger charge is 2.39. The van der Waals surface area contributed by atoms with Gasteiger partial charge in [0.1, 0.15) is 17.5 Å². The number of hydrogen-bond donors (Lipinski definition) is 1. The number of anilines is 1. The Morgan fingerprint density at radius 2 is 1.96 bits per heavy atom. The third kappa shape index (κ3) is 3.05. The first-order chi connectivity index (χ1) is 11.1. The van der Waals surface area contributed by atoms with Crippen molar-refractivity contribution in [2.24, 2.45) is 0 Å². The molecule has 0 radical (unpaired) electrons. The molecule has 0 atom stereocenters. The van der Waals surface area contributed by atoms with Gasteiger partial charge in [-0.2, -0.15) is 0 Å². The first-order valence-electron chi connectivity index (χ1n) is 8.17.